The molecule has 0 unspecified atom stereocenters. The van der Waals surface area contributed by atoms with E-state index < -0.39 is 16.1 Å². The molecule has 4 rings (SSSR count). The average Bonchev–Trinajstić information content (AvgIpc) is 3.00. The van der Waals surface area contributed by atoms with E-state index in [2.05, 4.69) is 0 Å². The van der Waals surface area contributed by atoms with Gasteiger partial charge in [-0.05, 0) is 55.5 Å². The van der Waals surface area contributed by atoms with E-state index in [1.807, 2.05) is 35.8 Å². The zero-order valence-corrected chi connectivity index (χ0v) is 19.4. The standard InChI is InChI=1S/C23H22Cl2N2O3S/c1-15-3-7-19(8-4-15)31(29,30)26(2)13-18(28)14-27-22-9-5-16(24)11-20(22)21-12-17(25)6-10-23(21)27/h3-12,18,28H,13-14H2,1-2H3/t18-/m0/s1. The van der Waals surface area contributed by atoms with E-state index >= 15 is 0 Å². The van der Waals surface area contributed by atoms with Crippen LogP contribution in [-0.4, -0.2) is 42.1 Å². The van der Waals surface area contributed by atoms with Crippen LogP contribution in [0.3, 0.4) is 0 Å². The lowest BCUT2D eigenvalue weighted by molar-refractivity contribution is 0.136. The van der Waals surface area contributed by atoms with Crippen LogP contribution in [0.5, 0.6) is 0 Å². The van der Waals surface area contributed by atoms with Gasteiger partial charge in [-0.1, -0.05) is 40.9 Å². The number of nitrogens with zero attached hydrogens (tertiary/aromatic N) is 2. The van der Waals surface area contributed by atoms with Crippen molar-refractivity contribution in [3.8, 4) is 0 Å². The van der Waals surface area contributed by atoms with Crippen LogP contribution in [0.4, 0.5) is 0 Å². The number of hydrogen-bond donors (Lipinski definition) is 1. The number of fused-ring (bicyclic) bond motifs is 3. The third-order valence-electron chi connectivity index (χ3n) is 5.38. The van der Waals surface area contributed by atoms with Gasteiger partial charge >= 0.3 is 0 Å². The van der Waals surface area contributed by atoms with Gasteiger partial charge in [0.15, 0.2) is 0 Å². The lowest BCUT2D eigenvalue weighted by atomic mass is 10.1. The molecule has 8 heteroatoms. The molecule has 0 saturated carbocycles. The monoisotopic (exact) mass is 476 g/mol. The number of likely N-dealkylation sites (N-methyl/N-ethyl adjacent to an activating group) is 1. The number of aromatic nitrogens is 1. The Labute approximate surface area is 191 Å². The number of aliphatic hydroxyl groups excluding tert-OH is 1. The molecule has 0 aliphatic carbocycles. The summed E-state index contributed by atoms with van der Waals surface area (Å²) in [7, 11) is -2.22. The second-order valence-corrected chi connectivity index (χ2v) is 10.6. The van der Waals surface area contributed by atoms with Crippen molar-refractivity contribution >= 4 is 55.0 Å². The topological polar surface area (TPSA) is 62.5 Å². The van der Waals surface area contributed by atoms with Crippen LogP contribution < -0.4 is 0 Å². The fraction of sp³-hybridized carbons (Fsp3) is 0.217. The molecule has 0 fully saturated rings. The first-order valence-electron chi connectivity index (χ1n) is 9.75. The predicted molar refractivity (Wildman–Crippen MR) is 126 cm³/mol. The van der Waals surface area contributed by atoms with Crippen molar-refractivity contribution < 1.29 is 13.5 Å². The Morgan fingerprint density at radius 3 is 1.97 bits per heavy atom. The zero-order valence-electron chi connectivity index (χ0n) is 17.1. The number of rotatable bonds is 6. The molecule has 1 aromatic heterocycles. The molecule has 1 N–H and O–H groups in total. The summed E-state index contributed by atoms with van der Waals surface area (Å²) >= 11 is 12.4. The van der Waals surface area contributed by atoms with Gasteiger partial charge in [0.1, 0.15) is 0 Å². The Kier molecular flexibility index (Phi) is 6.03. The van der Waals surface area contributed by atoms with Crippen LogP contribution in [0.25, 0.3) is 21.8 Å². The van der Waals surface area contributed by atoms with Crippen LogP contribution in [0, 0.1) is 6.92 Å². The molecular formula is C23H22Cl2N2O3S. The Morgan fingerprint density at radius 1 is 0.935 bits per heavy atom. The summed E-state index contributed by atoms with van der Waals surface area (Å²) in [5.74, 6) is 0. The molecule has 3 aromatic carbocycles. The van der Waals surface area contributed by atoms with Crippen molar-refractivity contribution in [2.45, 2.75) is 24.5 Å². The second-order valence-electron chi connectivity index (χ2n) is 7.69. The molecule has 0 bridgehead atoms. The zero-order chi connectivity index (χ0) is 22.3. The van der Waals surface area contributed by atoms with E-state index in [1.54, 1.807) is 36.4 Å². The van der Waals surface area contributed by atoms with Crippen molar-refractivity contribution in [1.82, 2.24) is 8.87 Å². The van der Waals surface area contributed by atoms with E-state index in [0.29, 0.717) is 10.0 Å². The van der Waals surface area contributed by atoms with E-state index in [9.17, 15) is 13.5 Å². The van der Waals surface area contributed by atoms with Crippen LogP contribution in [0.15, 0.2) is 65.6 Å². The van der Waals surface area contributed by atoms with Crippen molar-refractivity contribution in [3.63, 3.8) is 0 Å². The molecule has 5 nitrogen and oxygen atoms in total. The van der Waals surface area contributed by atoms with Crippen molar-refractivity contribution in [2.24, 2.45) is 0 Å². The third kappa shape index (κ3) is 4.31. The van der Waals surface area contributed by atoms with E-state index in [-0.39, 0.29) is 18.0 Å². The van der Waals surface area contributed by atoms with E-state index in [1.165, 1.54) is 11.4 Å². The van der Waals surface area contributed by atoms with Gasteiger partial charge in [0, 0.05) is 45.4 Å². The fourth-order valence-electron chi connectivity index (χ4n) is 3.80. The van der Waals surface area contributed by atoms with Crippen molar-refractivity contribution in [1.29, 1.82) is 0 Å². The van der Waals surface area contributed by atoms with Gasteiger partial charge in [-0.15, -0.1) is 0 Å². The summed E-state index contributed by atoms with van der Waals surface area (Å²) in [5.41, 5.74) is 2.77. The van der Waals surface area contributed by atoms with E-state index in [0.717, 1.165) is 27.4 Å². The highest BCUT2D eigenvalue weighted by atomic mass is 35.5. The molecular weight excluding hydrogens is 455 g/mol. The third-order valence-corrected chi connectivity index (χ3v) is 7.69. The van der Waals surface area contributed by atoms with E-state index in [4.69, 9.17) is 23.2 Å². The number of sulfonamides is 1. The minimum Gasteiger partial charge on any atom is -0.390 e. The quantitative estimate of drug-likeness (QED) is 0.421. The summed E-state index contributed by atoms with van der Waals surface area (Å²) in [6.07, 6.45) is -0.921. The van der Waals surface area contributed by atoms with Gasteiger partial charge in [0.2, 0.25) is 10.0 Å². The van der Waals surface area contributed by atoms with Gasteiger partial charge in [-0.2, -0.15) is 4.31 Å². The number of aryl methyl sites for hydroxylation is 1. The van der Waals surface area contributed by atoms with Crippen molar-refractivity contribution in [3.05, 3.63) is 76.3 Å². The molecule has 162 valence electrons. The lowest BCUT2D eigenvalue weighted by Gasteiger charge is -2.22. The maximum atomic E-state index is 12.9. The van der Waals surface area contributed by atoms with Gasteiger partial charge in [0.25, 0.3) is 0 Å². The number of hydrogen-bond acceptors (Lipinski definition) is 3. The number of aliphatic hydroxyl groups is 1. The maximum Gasteiger partial charge on any atom is 0.242 e. The number of benzene rings is 3. The Balaban J connectivity index is 1.64. The molecule has 4 aromatic rings. The Bertz CT molecular complexity index is 1310. The number of halogens is 2. The summed E-state index contributed by atoms with van der Waals surface area (Å²) < 4.78 is 28.9. The van der Waals surface area contributed by atoms with Gasteiger partial charge < -0.3 is 9.67 Å². The first-order valence-corrected chi connectivity index (χ1v) is 11.9. The molecule has 0 spiro atoms. The minimum atomic E-state index is -3.70. The second kappa shape index (κ2) is 8.45. The predicted octanol–water partition coefficient (Wildman–Crippen LogP) is 5.09. The van der Waals surface area contributed by atoms with Crippen LogP contribution >= 0.6 is 23.2 Å². The Morgan fingerprint density at radius 2 is 1.45 bits per heavy atom. The molecule has 1 atom stereocenters. The van der Waals surface area contributed by atoms with Crippen LogP contribution in [0.2, 0.25) is 10.0 Å². The average molecular weight is 477 g/mol. The molecule has 0 amide bonds. The maximum absolute atomic E-state index is 12.9. The molecule has 1 heterocycles. The first kappa shape index (κ1) is 22.1. The smallest absolute Gasteiger partial charge is 0.242 e. The van der Waals surface area contributed by atoms with Gasteiger partial charge in [-0.3, -0.25) is 0 Å². The summed E-state index contributed by atoms with van der Waals surface area (Å²) in [6, 6.07) is 17.8. The summed E-state index contributed by atoms with van der Waals surface area (Å²) in [5, 5.41) is 13.9. The van der Waals surface area contributed by atoms with Crippen molar-refractivity contribution in [2.75, 3.05) is 13.6 Å². The van der Waals surface area contributed by atoms with Crippen LogP contribution in [-0.2, 0) is 16.6 Å². The fourth-order valence-corrected chi connectivity index (χ4v) is 5.35. The van der Waals surface area contributed by atoms with Gasteiger partial charge in [0.05, 0.1) is 17.5 Å². The molecule has 0 aliphatic heterocycles. The molecule has 31 heavy (non-hydrogen) atoms. The first-order chi connectivity index (χ1) is 14.7. The summed E-state index contributed by atoms with van der Waals surface area (Å²) in [4.78, 5) is 0.203. The Hall–Kier alpha value is -2.09. The highest BCUT2D eigenvalue weighted by Gasteiger charge is 2.24. The van der Waals surface area contributed by atoms with Gasteiger partial charge in [-0.25, -0.2) is 8.42 Å². The highest BCUT2D eigenvalue weighted by Crippen LogP contribution is 2.33. The lowest BCUT2D eigenvalue weighted by Crippen LogP contribution is -2.36. The van der Waals surface area contributed by atoms with Crippen LogP contribution in [0.1, 0.15) is 5.56 Å². The summed E-state index contributed by atoms with van der Waals surface area (Å²) in [6.45, 7) is 2.07. The largest absolute Gasteiger partial charge is 0.390 e. The minimum absolute atomic E-state index is 0.0431. The normalized spacial score (nSPS) is 13.4. The molecule has 0 saturated heterocycles. The SMILES string of the molecule is Cc1ccc(S(=O)(=O)N(C)C[C@H](O)Cn2c3ccc(Cl)cc3c3cc(Cl)ccc32)cc1. The molecule has 0 aliphatic rings. The highest BCUT2D eigenvalue weighted by molar-refractivity contribution is 7.89. The molecule has 0 radical (unpaired) electrons.